The summed E-state index contributed by atoms with van der Waals surface area (Å²) in [5.41, 5.74) is 5.83. The second-order valence-electron chi connectivity index (χ2n) is 1.97. The maximum atomic E-state index is 8.26. The highest BCUT2D eigenvalue weighted by Gasteiger charge is 2.05. The molecule has 4 heteroatoms. The van der Waals surface area contributed by atoms with E-state index >= 15 is 0 Å². The van der Waals surface area contributed by atoms with Gasteiger partial charge < -0.3 is 0 Å². The second-order valence-corrected chi connectivity index (χ2v) is 1.97. The summed E-state index contributed by atoms with van der Waals surface area (Å²) in [5.74, 6) is 0. The molecule has 0 unspecified atom stereocenters. The fraction of sp³-hybridized carbons (Fsp3) is 0.800. The van der Waals surface area contributed by atoms with Crippen LogP contribution in [0, 0.1) is 11.3 Å². The number of nitriles is 1. The van der Waals surface area contributed by atoms with Crippen LogP contribution in [0.5, 0.6) is 0 Å². The number of hydrazine groups is 2. The molecule has 9 heavy (non-hydrogen) atoms. The maximum Gasteiger partial charge on any atom is 0.102 e. The summed E-state index contributed by atoms with van der Waals surface area (Å²) in [6, 6.07) is 2.06. The van der Waals surface area contributed by atoms with Crippen molar-refractivity contribution in [2.24, 2.45) is 0 Å². The standard InChI is InChI=1S/C5H10N4/c6-2-5-9-4-1-3-7-8-9/h7-8H,1,3-5H2. The molecule has 0 amide bonds. The van der Waals surface area contributed by atoms with Gasteiger partial charge in [0.2, 0.25) is 0 Å². The van der Waals surface area contributed by atoms with Crippen molar-refractivity contribution in [3.63, 3.8) is 0 Å². The largest absolute Gasteiger partial charge is 0.244 e. The van der Waals surface area contributed by atoms with Crippen molar-refractivity contribution in [3.8, 4) is 6.07 Å². The van der Waals surface area contributed by atoms with Gasteiger partial charge in [-0.2, -0.15) is 10.8 Å². The molecule has 2 N–H and O–H groups in total. The summed E-state index contributed by atoms with van der Waals surface area (Å²) in [7, 11) is 0. The Morgan fingerprint density at radius 2 is 2.56 bits per heavy atom. The highest BCUT2D eigenvalue weighted by molar-refractivity contribution is 4.74. The van der Waals surface area contributed by atoms with E-state index in [0.717, 1.165) is 19.5 Å². The predicted molar refractivity (Wildman–Crippen MR) is 32.9 cm³/mol. The molecule has 1 fully saturated rings. The highest BCUT2D eigenvalue weighted by atomic mass is 15.7. The van der Waals surface area contributed by atoms with Crippen LogP contribution >= 0.6 is 0 Å². The number of hydrogen-bond donors (Lipinski definition) is 2. The smallest absolute Gasteiger partial charge is 0.102 e. The van der Waals surface area contributed by atoms with Gasteiger partial charge >= 0.3 is 0 Å². The Hall–Kier alpha value is -0.630. The van der Waals surface area contributed by atoms with E-state index in [0.29, 0.717) is 6.54 Å². The van der Waals surface area contributed by atoms with Crippen LogP contribution in [0.3, 0.4) is 0 Å². The number of hydrogen-bond acceptors (Lipinski definition) is 4. The zero-order chi connectivity index (χ0) is 6.53. The molecule has 4 nitrogen and oxygen atoms in total. The Kier molecular flexibility index (Phi) is 2.46. The first-order chi connectivity index (χ1) is 4.43. The van der Waals surface area contributed by atoms with E-state index in [-0.39, 0.29) is 0 Å². The lowest BCUT2D eigenvalue weighted by Crippen LogP contribution is -2.52. The quantitative estimate of drug-likeness (QED) is 0.453. The van der Waals surface area contributed by atoms with Crippen molar-refractivity contribution in [2.75, 3.05) is 19.6 Å². The van der Waals surface area contributed by atoms with Crippen molar-refractivity contribution in [1.29, 1.82) is 5.26 Å². The molecule has 0 spiro atoms. The van der Waals surface area contributed by atoms with Gasteiger partial charge in [0.1, 0.15) is 6.54 Å². The molecule has 0 bridgehead atoms. The molecular weight excluding hydrogens is 116 g/mol. The van der Waals surface area contributed by atoms with Crippen LogP contribution < -0.4 is 11.0 Å². The van der Waals surface area contributed by atoms with Crippen molar-refractivity contribution < 1.29 is 0 Å². The maximum absolute atomic E-state index is 8.26. The molecule has 0 aliphatic carbocycles. The van der Waals surface area contributed by atoms with Gasteiger partial charge in [-0.25, -0.2) is 10.4 Å². The Morgan fingerprint density at radius 1 is 1.67 bits per heavy atom. The summed E-state index contributed by atoms with van der Waals surface area (Å²) < 4.78 is 0. The van der Waals surface area contributed by atoms with Crippen LogP contribution in [-0.2, 0) is 0 Å². The Balaban J connectivity index is 2.17. The topological polar surface area (TPSA) is 51.1 Å². The van der Waals surface area contributed by atoms with Crippen LogP contribution in [-0.4, -0.2) is 24.6 Å². The number of rotatable bonds is 1. The lowest BCUT2D eigenvalue weighted by Gasteiger charge is -2.25. The summed E-state index contributed by atoms with van der Waals surface area (Å²) in [6.07, 6.45) is 1.11. The molecule has 0 aromatic heterocycles. The van der Waals surface area contributed by atoms with Gasteiger partial charge in [0.15, 0.2) is 0 Å². The lowest BCUT2D eigenvalue weighted by atomic mass is 10.4. The van der Waals surface area contributed by atoms with Crippen LogP contribution in [0.15, 0.2) is 0 Å². The SMILES string of the molecule is N#CCN1CCCNN1. The van der Waals surface area contributed by atoms with Crippen LogP contribution in [0.25, 0.3) is 0 Å². The molecule has 1 rings (SSSR count). The zero-order valence-electron chi connectivity index (χ0n) is 5.22. The molecule has 0 saturated carbocycles. The highest BCUT2D eigenvalue weighted by Crippen LogP contribution is 1.88. The lowest BCUT2D eigenvalue weighted by molar-refractivity contribution is 0.135. The van der Waals surface area contributed by atoms with Gasteiger partial charge in [-0.1, -0.05) is 0 Å². The van der Waals surface area contributed by atoms with E-state index in [1.807, 2.05) is 5.01 Å². The summed E-state index contributed by atoms with van der Waals surface area (Å²) in [4.78, 5) is 0. The van der Waals surface area contributed by atoms with E-state index in [1.54, 1.807) is 0 Å². The van der Waals surface area contributed by atoms with Gasteiger partial charge in [0.05, 0.1) is 6.07 Å². The molecule has 1 aliphatic heterocycles. The molecule has 0 radical (unpaired) electrons. The summed E-state index contributed by atoms with van der Waals surface area (Å²) >= 11 is 0. The van der Waals surface area contributed by atoms with Gasteiger partial charge in [0, 0.05) is 13.1 Å². The van der Waals surface area contributed by atoms with E-state index < -0.39 is 0 Å². The Bertz CT molecular complexity index is 111. The van der Waals surface area contributed by atoms with Crippen LogP contribution in [0.4, 0.5) is 0 Å². The van der Waals surface area contributed by atoms with Crippen LogP contribution in [0.2, 0.25) is 0 Å². The van der Waals surface area contributed by atoms with Crippen molar-refractivity contribution in [2.45, 2.75) is 6.42 Å². The molecule has 1 aliphatic rings. The van der Waals surface area contributed by atoms with Gasteiger partial charge in [-0.05, 0) is 6.42 Å². The van der Waals surface area contributed by atoms with E-state index in [2.05, 4.69) is 17.0 Å². The third-order valence-corrected chi connectivity index (χ3v) is 1.23. The number of nitrogens with one attached hydrogen (secondary N) is 2. The van der Waals surface area contributed by atoms with Gasteiger partial charge in [0.25, 0.3) is 0 Å². The molecule has 1 saturated heterocycles. The fourth-order valence-electron chi connectivity index (χ4n) is 0.786. The molecule has 0 atom stereocenters. The Labute approximate surface area is 54.4 Å². The monoisotopic (exact) mass is 126 g/mol. The molecular formula is C5H10N4. The average molecular weight is 126 g/mol. The summed E-state index contributed by atoms with van der Waals surface area (Å²) in [6.45, 7) is 2.40. The third-order valence-electron chi connectivity index (χ3n) is 1.23. The van der Waals surface area contributed by atoms with Crippen LogP contribution in [0.1, 0.15) is 6.42 Å². The second kappa shape index (κ2) is 3.41. The molecule has 0 aromatic carbocycles. The average Bonchev–Trinajstić information content (AvgIpc) is 1.91. The van der Waals surface area contributed by atoms with Gasteiger partial charge in [-0.3, -0.25) is 0 Å². The minimum Gasteiger partial charge on any atom is -0.244 e. The minimum atomic E-state index is 0.451. The van der Waals surface area contributed by atoms with Crippen molar-refractivity contribution >= 4 is 0 Å². The van der Waals surface area contributed by atoms with Crippen molar-refractivity contribution in [3.05, 3.63) is 0 Å². The molecule has 50 valence electrons. The normalized spacial score (nSPS) is 21.2. The molecule has 0 aromatic rings. The van der Waals surface area contributed by atoms with Gasteiger partial charge in [-0.15, -0.1) is 0 Å². The van der Waals surface area contributed by atoms with E-state index in [4.69, 9.17) is 5.26 Å². The fourth-order valence-corrected chi connectivity index (χ4v) is 0.786. The van der Waals surface area contributed by atoms with Crippen molar-refractivity contribution in [1.82, 2.24) is 16.0 Å². The Morgan fingerprint density at radius 3 is 3.11 bits per heavy atom. The number of nitrogens with zero attached hydrogens (tertiary/aromatic N) is 2. The first kappa shape index (κ1) is 6.49. The first-order valence-electron chi connectivity index (χ1n) is 3.04. The summed E-state index contributed by atoms with van der Waals surface area (Å²) in [5, 5.41) is 10.1. The minimum absolute atomic E-state index is 0.451. The van der Waals surface area contributed by atoms with E-state index in [9.17, 15) is 0 Å². The third kappa shape index (κ3) is 1.98. The first-order valence-corrected chi connectivity index (χ1v) is 3.04. The molecule has 1 heterocycles. The van der Waals surface area contributed by atoms with E-state index in [1.165, 1.54) is 0 Å². The zero-order valence-corrected chi connectivity index (χ0v) is 5.22. The predicted octanol–water partition coefficient (Wildman–Crippen LogP) is -0.775.